The predicted molar refractivity (Wildman–Crippen MR) is 57.8 cm³/mol. The molecule has 17 heavy (non-hydrogen) atoms. The summed E-state index contributed by atoms with van der Waals surface area (Å²) >= 11 is 0. The monoisotopic (exact) mass is 249 g/mol. The molecule has 0 saturated carbocycles. The first-order chi connectivity index (χ1) is 7.55. The molecule has 1 rings (SSSR count). The van der Waals surface area contributed by atoms with E-state index in [1.54, 1.807) is 20.8 Å². The maximum absolute atomic E-state index is 13.7. The van der Waals surface area contributed by atoms with Crippen molar-refractivity contribution in [3.63, 3.8) is 0 Å². The van der Waals surface area contributed by atoms with Gasteiger partial charge >= 0.3 is 6.18 Å². The zero-order chi connectivity index (χ0) is 13.4. The summed E-state index contributed by atoms with van der Waals surface area (Å²) in [4.78, 5) is 0. The molecule has 96 valence electrons. The molecule has 1 nitrogen and oxygen atoms in total. The number of hydrogen-bond acceptors (Lipinski definition) is 1. The van der Waals surface area contributed by atoms with Crippen LogP contribution in [0.2, 0.25) is 0 Å². The van der Waals surface area contributed by atoms with Gasteiger partial charge in [0.15, 0.2) is 0 Å². The van der Waals surface area contributed by atoms with Gasteiger partial charge in [0.1, 0.15) is 5.82 Å². The van der Waals surface area contributed by atoms with Gasteiger partial charge in [0.2, 0.25) is 0 Å². The maximum Gasteiger partial charge on any atom is 0.419 e. The SMILES string of the molecule is CC(C)(C)[C@@H](N)c1cccc(C(F)(F)F)c1F. The van der Waals surface area contributed by atoms with Crippen LogP contribution in [0.4, 0.5) is 17.6 Å². The number of halogens is 4. The standard InChI is InChI=1S/C12H15F4N/c1-11(2,3)10(17)7-5-4-6-8(9(7)13)12(14,15)16/h4-6,10H,17H2,1-3H3/t10-/m0/s1. The number of hydrogen-bond donors (Lipinski definition) is 1. The molecule has 1 aromatic carbocycles. The van der Waals surface area contributed by atoms with Crippen LogP contribution in [0.5, 0.6) is 0 Å². The molecular weight excluding hydrogens is 234 g/mol. The average Bonchev–Trinajstić information content (AvgIpc) is 2.13. The lowest BCUT2D eigenvalue weighted by molar-refractivity contribution is -0.140. The summed E-state index contributed by atoms with van der Waals surface area (Å²) in [7, 11) is 0. The maximum atomic E-state index is 13.7. The van der Waals surface area contributed by atoms with Crippen molar-refractivity contribution in [3.05, 3.63) is 35.1 Å². The second kappa shape index (κ2) is 4.29. The van der Waals surface area contributed by atoms with Crippen molar-refractivity contribution in [1.29, 1.82) is 0 Å². The van der Waals surface area contributed by atoms with E-state index in [2.05, 4.69) is 0 Å². The third-order valence-electron chi connectivity index (χ3n) is 2.60. The van der Waals surface area contributed by atoms with Crippen molar-refractivity contribution in [1.82, 2.24) is 0 Å². The molecule has 0 fully saturated rings. The van der Waals surface area contributed by atoms with Crippen molar-refractivity contribution in [2.24, 2.45) is 11.1 Å². The van der Waals surface area contributed by atoms with Crippen molar-refractivity contribution in [3.8, 4) is 0 Å². The Morgan fingerprint density at radius 2 is 1.65 bits per heavy atom. The minimum atomic E-state index is -4.70. The van der Waals surface area contributed by atoms with Crippen LogP contribution in [0.15, 0.2) is 18.2 Å². The average molecular weight is 249 g/mol. The van der Waals surface area contributed by atoms with E-state index in [1.807, 2.05) is 0 Å². The molecule has 0 amide bonds. The smallest absolute Gasteiger partial charge is 0.323 e. The summed E-state index contributed by atoms with van der Waals surface area (Å²) < 4.78 is 51.3. The minimum absolute atomic E-state index is 0.104. The van der Waals surface area contributed by atoms with E-state index < -0.39 is 29.0 Å². The molecule has 0 aliphatic heterocycles. The van der Waals surface area contributed by atoms with Crippen molar-refractivity contribution in [2.45, 2.75) is 33.0 Å². The van der Waals surface area contributed by atoms with Gasteiger partial charge in [-0.2, -0.15) is 13.2 Å². The molecule has 0 heterocycles. The first kappa shape index (κ1) is 14.0. The first-order valence-corrected chi connectivity index (χ1v) is 5.16. The second-order valence-electron chi connectivity index (χ2n) is 5.05. The molecule has 0 bridgehead atoms. The summed E-state index contributed by atoms with van der Waals surface area (Å²) in [5.74, 6) is -1.28. The molecule has 0 radical (unpaired) electrons. The highest BCUT2D eigenvalue weighted by molar-refractivity contribution is 5.31. The van der Waals surface area contributed by atoms with Crippen LogP contribution in [-0.4, -0.2) is 0 Å². The van der Waals surface area contributed by atoms with Gasteiger partial charge in [-0.05, 0) is 11.5 Å². The number of rotatable bonds is 1. The number of nitrogens with two attached hydrogens (primary N) is 1. The van der Waals surface area contributed by atoms with E-state index in [4.69, 9.17) is 5.73 Å². The predicted octanol–water partition coefficient (Wildman–Crippen LogP) is 3.89. The first-order valence-electron chi connectivity index (χ1n) is 5.16. The molecule has 0 aliphatic carbocycles. The molecule has 2 N–H and O–H groups in total. The van der Waals surface area contributed by atoms with Crippen LogP contribution in [0.1, 0.15) is 37.9 Å². The molecule has 0 aliphatic rings. The van der Waals surface area contributed by atoms with Gasteiger partial charge in [-0.25, -0.2) is 4.39 Å². The van der Waals surface area contributed by atoms with Crippen molar-refractivity contribution < 1.29 is 17.6 Å². The number of alkyl halides is 3. The Bertz CT molecular complexity index is 404. The summed E-state index contributed by atoms with van der Waals surface area (Å²) in [6.07, 6.45) is -4.70. The zero-order valence-corrected chi connectivity index (χ0v) is 9.90. The van der Waals surface area contributed by atoms with E-state index in [1.165, 1.54) is 12.1 Å². The fourth-order valence-corrected chi connectivity index (χ4v) is 1.48. The van der Waals surface area contributed by atoms with Gasteiger partial charge < -0.3 is 5.73 Å². The highest BCUT2D eigenvalue weighted by atomic mass is 19.4. The van der Waals surface area contributed by atoms with E-state index >= 15 is 0 Å². The quantitative estimate of drug-likeness (QED) is 0.751. The van der Waals surface area contributed by atoms with Gasteiger partial charge in [0.25, 0.3) is 0 Å². The highest BCUT2D eigenvalue weighted by Crippen LogP contribution is 2.37. The highest BCUT2D eigenvalue weighted by Gasteiger charge is 2.36. The minimum Gasteiger partial charge on any atom is -0.323 e. The van der Waals surface area contributed by atoms with Gasteiger partial charge in [0.05, 0.1) is 5.56 Å². The molecule has 0 aromatic heterocycles. The zero-order valence-electron chi connectivity index (χ0n) is 9.90. The Labute approximate surface area is 97.6 Å². The second-order valence-corrected chi connectivity index (χ2v) is 5.05. The Morgan fingerprint density at radius 1 is 1.12 bits per heavy atom. The molecule has 0 spiro atoms. The van der Waals surface area contributed by atoms with Crippen molar-refractivity contribution >= 4 is 0 Å². The van der Waals surface area contributed by atoms with Crippen LogP contribution >= 0.6 is 0 Å². The van der Waals surface area contributed by atoms with Crippen LogP contribution < -0.4 is 5.73 Å². The molecule has 1 atom stereocenters. The van der Waals surface area contributed by atoms with Crippen LogP contribution in [0.3, 0.4) is 0 Å². The normalized spacial score (nSPS) is 14.8. The molecule has 0 saturated heterocycles. The van der Waals surface area contributed by atoms with Crippen molar-refractivity contribution in [2.75, 3.05) is 0 Å². The third-order valence-corrected chi connectivity index (χ3v) is 2.60. The van der Waals surface area contributed by atoms with Crippen LogP contribution in [0, 0.1) is 11.2 Å². The van der Waals surface area contributed by atoms with Gasteiger partial charge in [-0.3, -0.25) is 0 Å². The number of benzene rings is 1. The van der Waals surface area contributed by atoms with E-state index in [0.29, 0.717) is 6.07 Å². The Balaban J connectivity index is 3.30. The Kier molecular flexibility index (Phi) is 3.52. The lowest BCUT2D eigenvalue weighted by Crippen LogP contribution is -2.28. The summed E-state index contributed by atoms with van der Waals surface area (Å²) in [5, 5.41) is 0. The topological polar surface area (TPSA) is 26.0 Å². The summed E-state index contributed by atoms with van der Waals surface area (Å²) in [6, 6.07) is 2.39. The lowest BCUT2D eigenvalue weighted by Gasteiger charge is -2.28. The van der Waals surface area contributed by atoms with Crippen LogP contribution in [-0.2, 0) is 6.18 Å². The molecule has 0 unspecified atom stereocenters. The fourth-order valence-electron chi connectivity index (χ4n) is 1.48. The fraction of sp³-hybridized carbons (Fsp3) is 0.500. The Hall–Kier alpha value is -1.10. The third kappa shape index (κ3) is 2.97. The van der Waals surface area contributed by atoms with Gasteiger partial charge in [-0.1, -0.05) is 32.9 Å². The van der Waals surface area contributed by atoms with Gasteiger partial charge in [0, 0.05) is 11.6 Å². The summed E-state index contributed by atoms with van der Waals surface area (Å²) in [5.41, 5.74) is 3.90. The van der Waals surface area contributed by atoms with E-state index in [-0.39, 0.29) is 5.56 Å². The Morgan fingerprint density at radius 3 is 2.06 bits per heavy atom. The van der Waals surface area contributed by atoms with Crippen LogP contribution in [0.25, 0.3) is 0 Å². The molecule has 5 heteroatoms. The van der Waals surface area contributed by atoms with E-state index in [0.717, 1.165) is 0 Å². The molecular formula is C12H15F4N. The largest absolute Gasteiger partial charge is 0.419 e. The van der Waals surface area contributed by atoms with E-state index in [9.17, 15) is 17.6 Å². The molecule has 1 aromatic rings. The summed E-state index contributed by atoms with van der Waals surface area (Å²) in [6.45, 7) is 5.24. The van der Waals surface area contributed by atoms with Gasteiger partial charge in [-0.15, -0.1) is 0 Å². The lowest BCUT2D eigenvalue weighted by atomic mass is 9.82.